The molecule has 2 nitrogen and oxygen atoms in total. The number of nitrogens with one attached hydrogen (secondary N) is 1. The number of rotatable bonds is 7. The normalized spacial score (nSPS) is 10.7. The molecule has 0 atom stereocenters. The van der Waals surface area contributed by atoms with E-state index in [0.717, 1.165) is 35.3 Å². The lowest BCUT2D eigenvalue weighted by atomic mass is 10.2. The van der Waals surface area contributed by atoms with Crippen molar-refractivity contribution in [1.29, 1.82) is 0 Å². The molecule has 1 heterocycles. The Balaban J connectivity index is 1.96. The van der Waals surface area contributed by atoms with Gasteiger partial charge in [-0.3, -0.25) is 0 Å². The number of benzene rings is 1. The molecule has 0 aliphatic rings. The van der Waals surface area contributed by atoms with Gasteiger partial charge in [-0.15, -0.1) is 11.8 Å². The first-order valence-electron chi connectivity index (χ1n) is 6.81. The molecule has 0 amide bonds. The van der Waals surface area contributed by atoms with Gasteiger partial charge in [-0.2, -0.15) is 0 Å². The zero-order valence-electron chi connectivity index (χ0n) is 11.6. The van der Waals surface area contributed by atoms with E-state index >= 15 is 0 Å². The summed E-state index contributed by atoms with van der Waals surface area (Å²) in [5, 5.41) is 5.31. The maximum atomic E-state index is 5.90. The lowest BCUT2D eigenvalue weighted by molar-refractivity contribution is 0.665. The average molecular weight is 307 g/mol. The van der Waals surface area contributed by atoms with Crippen LogP contribution < -0.4 is 5.32 Å². The van der Waals surface area contributed by atoms with Crippen LogP contribution in [0.25, 0.3) is 0 Å². The highest BCUT2D eigenvalue weighted by atomic mass is 35.5. The topological polar surface area (TPSA) is 24.9 Å². The van der Waals surface area contributed by atoms with Gasteiger partial charge in [-0.1, -0.05) is 36.7 Å². The van der Waals surface area contributed by atoms with Crippen molar-refractivity contribution >= 4 is 23.4 Å². The van der Waals surface area contributed by atoms with E-state index in [1.165, 1.54) is 11.1 Å². The van der Waals surface area contributed by atoms with E-state index in [-0.39, 0.29) is 0 Å². The van der Waals surface area contributed by atoms with Gasteiger partial charge in [-0.05, 0) is 42.3 Å². The van der Waals surface area contributed by atoms with Crippen molar-refractivity contribution in [2.45, 2.75) is 30.7 Å². The molecule has 0 aliphatic heterocycles. The highest BCUT2D eigenvalue weighted by Crippen LogP contribution is 2.24. The summed E-state index contributed by atoms with van der Waals surface area (Å²) in [5.74, 6) is 0.912. The van der Waals surface area contributed by atoms with E-state index < -0.39 is 0 Å². The van der Waals surface area contributed by atoms with Crippen LogP contribution in [0.2, 0.25) is 5.02 Å². The van der Waals surface area contributed by atoms with Crippen molar-refractivity contribution in [3.8, 4) is 0 Å². The molecule has 0 radical (unpaired) electrons. The van der Waals surface area contributed by atoms with Crippen LogP contribution in [0.4, 0.5) is 0 Å². The van der Waals surface area contributed by atoms with E-state index in [1.54, 1.807) is 11.8 Å². The zero-order valence-corrected chi connectivity index (χ0v) is 13.2. The second-order valence-electron chi connectivity index (χ2n) is 4.56. The zero-order chi connectivity index (χ0) is 14.2. The fourth-order valence-electron chi connectivity index (χ4n) is 1.82. The van der Waals surface area contributed by atoms with Crippen LogP contribution in [0, 0.1) is 0 Å². The lowest BCUT2D eigenvalue weighted by Crippen LogP contribution is -2.14. The highest BCUT2D eigenvalue weighted by Gasteiger charge is 2.04. The maximum Gasteiger partial charge on any atom is 0.101 e. The molecule has 4 heteroatoms. The van der Waals surface area contributed by atoms with Crippen molar-refractivity contribution in [2.24, 2.45) is 0 Å². The van der Waals surface area contributed by atoms with Crippen LogP contribution in [-0.4, -0.2) is 11.5 Å². The SMILES string of the molecule is CCCNCc1cccnc1SCc1ccc(Cl)cc1. The number of halogens is 1. The molecule has 0 bridgehead atoms. The molecular weight excluding hydrogens is 288 g/mol. The summed E-state index contributed by atoms with van der Waals surface area (Å²) in [6, 6.07) is 12.1. The van der Waals surface area contributed by atoms with Gasteiger partial charge in [0.25, 0.3) is 0 Å². The monoisotopic (exact) mass is 306 g/mol. The molecule has 1 aromatic carbocycles. The van der Waals surface area contributed by atoms with Crippen LogP contribution in [0.1, 0.15) is 24.5 Å². The number of thioether (sulfide) groups is 1. The number of hydrogen-bond donors (Lipinski definition) is 1. The Morgan fingerprint density at radius 2 is 2.00 bits per heavy atom. The Morgan fingerprint density at radius 1 is 1.20 bits per heavy atom. The summed E-state index contributed by atoms with van der Waals surface area (Å²) in [4.78, 5) is 4.49. The van der Waals surface area contributed by atoms with E-state index in [2.05, 4.69) is 35.4 Å². The highest BCUT2D eigenvalue weighted by molar-refractivity contribution is 7.98. The van der Waals surface area contributed by atoms with E-state index in [4.69, 9.17) is 11.6 Å². The van der Waals surface area contributed by atoms with E-state index in [0.29, 0.717) is 0 Å². The van der Waals surface area contributed by atoms with Crippen LogP contribution in [0.5, 0.6) is 0 Å². The number of aromatic nitrogens is 1. The maximum absolute atomic E-state index is 5.90. The third kappa shape index (κ3) is 4.82. The first-order chi connectivity index (χ1) is 9.79. The largest absolute Gasteiger partial charge is 0.313 e. The summed E-state index contributed by atoms with van der Waals surface area (Å²) in [6.45, 7) is 4.09. The van der Waals surface area contributed by atoms with E-state index in [1.807, 2.05) is 24.4 Å². The third-order valence-electron chi connectivity index (χ3n) is 2.88. The van der Waals surface area contributed by atoms with Crippen LogP contribution in [0.15, 0.2) is 47.6 Å². The van der Waals surface area contributed by atoms with Crippen molar-refractivity contribution in [3.63, 3.8) is 0 Å². The fourth-order valence-corrected chi connectivity index (χ4v) is 2.90. The minimum atomic E-state index is 0.779. The minimum absolute atomic E-state index is 0.779. The quantitative estimate of drug-likeness (QED) is 0.601. The Labute approximate surface area is 130 Å². The molecule has 0 aliphatic carbocycles. The van der Waals surface area contributed by atoms with Crippen molar-refractivity contribution in [1.82, 2.24) is 10.3 Å². The van der Waals surface area contributed by atoms with Gasteiger partial charge < -0.3 is 5.32 Å². The first-order valence-corrected chi connectivity index (χ1v) is 8.18. The molecule has 2 rings (SSSR count). The third-order valence-corrected chi connectivity index (χ3v) is 4.25. The Morgan fingerprint density at radius 3 is 2.75 bits per heavy atom. The molecule has 1 aromatic heterocycles. The van der Waals surface area contributed by atoms with Crippen LogP contribution in [0.3, 0.4) is 0 Å². The van der Waals surface area contributed by atoms with Gasteiger partial charge >= 0.3 is 0 Å². The van der Waals surface area contributed by atoms with E-state index in [9.17, 15) is 0 Å². The molecule has 1 N–H and O–H groups in total. The molecule has 0 spiro atoms. The van der Waals surface area contributed by atoms with Gasteiger partial charge in [0, 0.05) is 23.5 Å². The van der Waals surface area contributed by atoms with Crippen molar-refractivity contribution < 1.29 is 0 Å². The lowest BCUT2D eigenvalue weighted by Gasteiger charge is -2.09. The Kier molecular flexibility index (Phi) is 6.37. The molecule has 0 saturated carbocycles. The minimum Gasteiger partial charge on any atom is -0.313 e. The van der Waals surface area contributed by atoms with Crippen LogP contribution >= 0.6 is 23.4 Å². The molecule has 0 unspecified atom stereocenters. The summed E-state index contributed by atoms with van der Waals surface area (Å²) in [7, 11) is 0. The smallest absolute Gasteiger partial charge is 0.101 e. The van der Waals surface area contributed by atoms with Crippen molar-refractivity contribution in [2.75, 3.05) is 6.54 Å². The fraction of sp³-hybridized carbons (Fsp3) is 0.312. The predicted octanol–water partition coefficient (Wildman–Crippen LogP) is 4.53. The number of pyridine rings is 1. The van der Waals surface area contributed by atoms with Crippen molar-refractivity contribution in [3.05, 3.63) is 58.7 Å². The summed E-state index contributed by atoms with van der Waals surface area (Å²) >= 11 is 7.67. The van der Waals surface area contributed by atoms with Gasteiger partial charge in [0.15, 0.2) is 0 Å². The average Bonchev–Trinajstić information content (AvgIpc) is 2.48. The van der Waals surface area contributed by atoms with Gasteiger partial charge in [0.1, 0.15) is 5.03 Å². The molecule has 2 aromatic rings. The summed E-state index contributed by atoms with van der Waals surface area (Å²) in [5.41, 5.74) is 2.53. The molecule has 0 saturated heterocycles. The standard InChI is InChI=1S/C16H19ClN2S/c1-2-9-18-11-14-4-3-10-19-16(14)20-12-13-5-7-15(17)8-6-13/h3-8,10,18H,2,9,11-12H2,1H3. The molecular formula is C16H19ClN2S. The first kappa shape index (κ1) is 15.4. The number of hydrogen-bond acceptors (Lipinski definition) is 3. The molecule has 106 valence electrons. The summed E-state index contributed by atoms with van der Waals surface area (Å²) < 4.78 is 0. The number of nitrogens with zero attached hydrogens (tertiary/aromatic N) is 1. The second-order valence-corrected chi connectivity index (χ2v) is 5.96. The Bertz CT molecular complexity index is 528. The molecule has 0 fully saturated rings. The Hall–Kier alpha value is -1.03. The summed E-state index contributed by atoms with van der Waals surface area (Å²) in [6.07, 6.45) is 3.00. The molecule has 20 heavy (non-hydrogen) atoms. The van der Waals surface area contributed by atoms with Gasteiger partial charge in [-0.25, -0.2) is 4.98 Å². The van der Waals surface area contributed by atoms with Crippen LogP contribution in [-0.2, 0) is 12.3 Å². The second kappa shape index (κ2) is 8.30. The van der Waals surface area contributed by atoms with Gasteiger partial charge in [0.2, 0.25) is 0 Å². The van der Waals surface area contributed by atoms with Gasteiger partial charge in [0.05, 0.1) is 0 Å². The predicted molar refractivity (Wildman–Crippen MR) is 87.2 cm³/mol.